The lowest BCUT2D eigenvalue weighted by atomic mass is 9.78. The molecule has 3 nitrogen and oxygen atoms in total. The number of rotatable bonds is 4. The largest absolute Gasteiger partial charge is 0.507 e. The number of halogens is 1. The van der Waals surface area contributed by atoms with E-state index in [2.05, 4.69) is 17.9 Å². The normalized spacial score (nSPS) is 16.1. The summed E-state index contributed by atoms with van der Waals surface area (Å²) in [6.45, 7) is 8.32. The Labute approximate surface area is 162 Å². The first-order valence-corrected chi connectivity index (χ1v) is 9.67. The first-order chi connectivity index (χ1) is 13.0. The maximum Gasteiger partial charge on any atom is 0.128 e. The van der Waals surface area contributed by atoms with Crippen LogP contribution in [-0.4, -0.2) is 23.1 Å². The Morgan fingerprint density at radius 2 is 1.78 bits per heavy atom. The zero-order valence-electron chi connectivity index (χ0n) is 16.5. The smallest absolute Gasteiger partial charge is 0.128 e. The molecular weight excluding hydrogens is 339 g/mol. The van der Waals surface area contributed by atoms with Crippen LogP contribution < -0.4 is 0 Å². The molecule has 2 aromatic rings. The Balaban J connectivity index is 0.00000126. The van der Waals surface area contributed by atoms with Crippen LogP contribution in [0.1, 0.15) is 45.6 Å². The maximum atomic E-state index is 14.6. The van der Waals surface area contributed by atoms with E-state index in [1.54, 1.807) is 6.07 Å². The Hall–Kier alpha value is -2.38. The number of benzene rings is 2. The van der Waals surface area contributed by atoms with Crippen molar-refractivity contribution in [3.8, 4) is 22.9 Å². The third kappa shape index (κ3) is 5.30. The highest BCUT2D eigenvalue weighted by Crippen LogP contribution is 2.36. The molecule has 1 N–H and O–H groups in total. The van der Waals surface area contributed by atoms with Crippen LogP contribution in [0.5, 0.6) is 5.75 Å². The standard InChI is InChI=1S/C21H23FN2O.C2H6/c1-21(7-10-23)8-11-24(12-9-21)15-17-13-20(25)18(14-19(17)22)16-5-3-2-4-6-16;1-2/h2-6,13-14,25H,7-9,11-12,15H2,1H3;1-2H3. The number of piperidine rings is 1. The van der Waals surface area contributed by atoms with Gasteiger partial charge in [-0.15, -0.1) is 0 Å². The Morgan fingerprint density at radius 3 is 2.37 bits per heavy atom. The highest BCUT2D eigenvalue weighted by Gasteiger charge is 2.30. The van der Waals surface area contributed by atoms with Gasteiger partial charge in [-0.3, -0.25) is 4.90 Å². The second kappa shape index (κ2) is 9.53. The highest BCUT2D eigenvalue weighted by atomic mass is 19.1. The van der Waals surface area contributed by atoms with Gasteiger partial charge in [0.2, 0.25) is 0 Å². The van der Waals surface area contributed by atoms with E-state index in [4.69, 9.17) is 5.26 Å². The molecular formula is C23H29FN2O. The summed E-state index contributed by atoms with van der Waals surface area (Å²) in [5.74, 6) is -0.184. The summed E-state index contributed by atoms with van der Waals surface area (Å²) in [7, 11) is 0. The van der Waals surface area contributed by atoms with Crippen LogP contribution in [0.2, 0.25) is 0 Å². The summed E-state index contributed by atoms with van der Waals surface area (Å²) in [4.78, 5) is 2.19. The molecule has 0 radical (unpaired) electrons. The predicted molar refractivity (Wildman–Crippen MR) is 108 cm³/mol. The van der Waals surface area contributed by atoms with Crippen molar-refractivity contribution >= 4 is 0 Å². The minimum atomic E-state index is -0.290. The van der Waals surface area contributed by atoms with E-state index in [0.717, 1.165) is 31.5 Å². The molecule has 0 bridgehead atoms. The summed E-state index contributed by atoms with van der Waals surface area (Å²) in [6, 6.07) is 14.6. The van der Waals surface area contributed by atoms with Gasteiger partial charge in [0.25, 0.3) is 0 Å². The molecule has 0 spiro atoms. The van der Waals surface area contributed by atoms with E-state index in [9.17, 15) is 9.50 Å². The van der Waals surface area contributed by atoms with Gasteiger partial charge in [0.15, 0.2) is 0 Å². The number of phenolic OH excluding ortho intramolecular Hbond substituents is 1. The fraction of sp³-hybridized carbons (Fsp3) is 0.435. The molecule has 4 heteroatoms. The maximum absolute atomic E-state index is 14.6. The van der Waals surface area contributed by atoms with Crippen molar-refractivity contribution in [2.24, 2.45) is 5.41 Å². The SMILES string of the molecule is CC.CC1(CC#N)CCN(Cc2cc(O)c(-c3ccccc3)cc2F)CC1. The number of likely N-dealkylation sites (tertiary alicyclic amines) is 1. The van der Waals surface area contributed by atoms with Crippen LogP contribution in [0.3, 0.4) is 0 Å². The van der Waals surface area contributed by atoms with Gasteiger partial charge in [0.05, 0.1) is 6.07 Å². The topological polar surface area (TPSA) is 47.3 Å². The van der Waals surface area contributed by atoms with Gasteiger partial charge in [0.1, 0.15) is 11.6 Å². The zero-order valence-corrected chi connectivity index (χ0v) is 16.5. The molecule has 1 saturated heterocycles. The van der Waals surface area contributed by atoms with Gasteiger partial charge in [0, 0.05) is 24.1 Å². The van der Waals surface area contributed by atoms with Crippen LogP contribution >= 0.6 is 0 Å². The molecule has 144 valence electrons. The second-order valence-electron chi connectivity index (χ2n) is 7.25. The minimum Gasteiger partial charge on any atom is -0.507 e. The molecule has 27 heavy (non-hydrogen) atoms. The van der Waals surface area contributed by atoms with Crippen LogP contribution in [0.25, 0.3) is 11.1 Å². The Morgan fingerprint density at radius 1 is 1.15 bits per heavy atom. The summed E-state index contributed by atoms with van der Waals surface area (Å²) in [5.41, 5.74) is 1.90. The first-order valence-electron chi connectivity index (χ1n) is 9.67. The fourth-order valence-corrected chi connectivity index (χ4v) is 3.43. The van der Waals surface area contributed by atoms with Gasteiger partial charge in [-0.25, -0.2) is 4.39 Å². The van der Waals surface area contributed by atoms with Crippen molar-refractivity contribution in [2.75, 3.05) is 13.1 Å². The van der Waals surface area contributed by atoms with Crippen LogP contribution in [0, 0.1) is 22.6 Å². The van der Waals surface area contributed by atoms with Gasteiger partial charge < -0.3 is 5.11 Å². The van der Waals surface area contributed by atoms with E-state index < -0.39 is 0 Å². The van der Waals surface area contributed by atoms with E-state index in [-0.39, 0.29) is 17.0 Å². The molecule has 3 rings (SSSR count). The molecule has 0 aromatic heterocycles. The third-order valence-electron chi connectivity index (χ3n) is 5.21. The number of aromatic hydroxyl groups is 1. The fourth-order valence-electron chi connectivity index (χ4n) is 3.43. The van der Waals surface area contributed by atoms with Crippen LogP contribution in [0.15, 0.2) is 42.5 Å². The molecule has 0 unspecified atom stereocenters. The van der Waals surface area contributed by atoms with Crippen LogP contribution in [-0.2, 0) is 6.54 Å². The lowest BCUT2D eigenvalue weighted by molar-refractivity contribution is 0.115. The van der Waals surface area contributed by atoms with Gasteiger partial charge >= 0.3 is 0 Å². The summed E-state index contributed by atoms with van der Waals surface area (Å²) < 4.78 is 14.6. The number of nitrogens with zero attached hydrogens (tertiary/aromatic N) is 2. The summed E-state index contributed by atoms with van der Waals surface area (Å²) in [5, 5.41) is 19.3. The third-order valence-corrected chi connectivity index (χ3v) is 5.21. The number of phenols is 1. The molecule has 1 aliphatic heterocycles. The van der Waals surface area contributed by atoms with Gasteiger partial charge in [-0.1, -0.05) is 51.1 Å². The Bertz CT molecular complexity index is 775. The van der Waals surface area contributed by atoms with E-state index >= 15 is 0 Å². The zero-order chi connectivity index (χ0) is 19.9. The predicted octanol–water partition coefficient (Wildman–Crippen LogP) is 5.74. The molecule has 2 aromatic carbocycles. The number of nitriles is 1. The average Bonchev–Trinajstić information content (AvgIpc) is 2.69. The lowest BCUT2D eigenvalue weighted by Gasteiger charge is -2.38. The monoisotopic (exact) mass is 368 g/mol. The minimum absolute atomic E-state index is 0.0725. The quantitative estimate of drug-likeness (QED) is 0.748. The summed E-state index contributed by atoms with van der Waals surface area (Å²) >= 11 is 0. The van der Waals surface area contributed by atoms with Crippen molar-refractivity contribution in [1.29, 1.82) is 5.26 Å². The van der Waals surface area contributed by atoms with Crippen molar-refractivity contribution in [3.63, 3.8) is 0 Å². The highest BCUT2D eigenvalue weighted by molar-refractivity contribution is 5.70. The second-order valence-corrected chi connectivity index (χ2v) is 7.25. The molecule has 1 aliphatic rings. The van der Waals surface area contributed by atoms with E-state index in [1.807, 2.05) is 44.2 Å². The molecule has 0 amide bonds. The average molecular weight is 368 g/mol. The molecule has 1 heterocycles. The van der Waals surface area contributed by atoms with E-state index in [0.29, 0.717) is 24.1 Å². The summed E-state index contributed by atoms with van der Waals surface area (Å²) in [6.07, 6.45) is 2.45. The van der Waals surface area contributed by atoms with Gasteiger partial charge in [-0.2, -0.15) is 5.26 Å². The number of hydrogen-bond acceptors (Lipinski definition) is 3. The van der Waals surface area contributed by atoms with Crippen LogP contribution in [0.4, 0.5) is 4.39 Å². The van der Waals surface area contributed by atoms with E-state index in [1.165, 1.54) is 6.07 Å². The molecule has 0 saturated carbocycles. The van der Waals surface area contributed by atoms with Gasteiger partial charge in [-0.05, 0) is 49.0 Å². The van der Waals surface area contributed by atoms with Crippen molar-refractivity contribution in [1.82, 2.24) is 4.90 Å². The molecule has 0 atom stereocenters. The first kappa shape index (κ1) is 20.9. The Kier molecular flexibility index (Phi) is 7.38. The molecule has 1 fully saturated rings. The lowest BCUT2D eigenvalue weighted by Crippen LogP contribution is -2.38. The van der Waals surface area contributed by atoms with Crippen molar-refractivity contribution in [3.05, 3.63) is 53.8 Å². The number of hydrogen-bond donors (Lipinski definition) is 1. The molecule has 0 aliphatic carbocycles. The van der Waals surface area contributed by atoms with Crippen molar-refractivity contribution in [2.45, 2.75) is 46.6 Å². The van der Waals surface area contributed by atoms with Crippen molar-refractivity contribution < 1.29 is 9.50 Å².